The summed E-state index contributed by atoms with van der Waals surface area (Å²) in [6, 6.07) is 14.6. The van der Waals surface area contributed by atoms with Gasteiger partial charge in [0.25, 0.3) is 0 Å². The van der Waals surface area contributed by atoms with Gasteiger partial charge in [0.2, 0.25) is 11.7 Å². The zero-order chi connectivity index (χ0) is 18.7. The molecule has 0 N–H and O–H groups in total. The summed E-state index contributed by atoms with van der Waals surface area (Å²) in [5.74, 6) is 0.502. The van der Waals surface area contributed by atoms with E-state index in [2.05, 4.69) is 10.1 Å². The van der Waals surface area contributed by atoms with Crippen LogP contribution in [-0.4, -0.2) is 22.1 Å². The van der Waals surface area contributed by atoms with Gasteiger partial charge in [-0.05, 0) is 31.7 Å². The zero-order valence-corrected chi connectivity index (χ0v) is 14.4. The van der Waals surface area contributed by atoms with E-state index in [4.69, 9.17) is 4.52 Å². The Morgan fingerprint density at radius 1 is 1.08 bits per heavy atom. The van der Waals surface area contributed by atoms with Crippen LogP contribution in [0.25, 0.3) is 11.4 Å². The van der Waals surface area contributed by atoms with E-state index in [1.54, 1.807) is 0 Å². The van der Waals surface area contributed by atoms with E-state index in [-0.39, 0.29) is 17.4 Å². The normalized spacial score (nSPS) is 13.2. The predicted molar refractivity (Wildman–Crippen MR) is 91.1 cm³/mol. The first-order valence-corrected chi connectivity index (χ1v) is 8.10. The quantitative estimate of drug-likeness (QED) is 0.645. The molecule has 0 spiro atoms. The van der Waals surface area contributed by atoms with Gasteiger partial charge in [-0.1, -0.05) is 47.6 Å². The maximum atomic E-state index is 12.9. The van der Waals surface area contributed by atoms with E-state index in [0.29, 0.717) is 12.4 Å². The molecule has 26 heavy (non-hydrogen) atoms. The third kappa shape index (κ3) is 4.11. The average molecular weight is 361 g/mol. The molecule has 0 amide bonds. The van der Waals surface area contributed by atoms with Gasteiger partial charge in [0.05, 0.1) is 11.6 Å². The number of benzene rings is 2. The minimum absolute atomic E-state index is 0.145. The van der Waals surface area contributed by atoms with E-state index < -0.39 is 11.7 Å². The van der Waals surface area contributed by atoms with Crippen LogP contribution in [-0.2, 0) is 12.7 Å². The van der Waals surface area contributed by atoms with Gasteiger partial charge in [0.15, 0.2) is 0 Å². The molecule has 0 radical (unpaired) electrons. The number of nitrogens with zero attached hydrogens (tertiary/aromatic N) is 3. The molecule has 1 heterocycles. The predicted octanol–water partition coefficient (Wildman–Crippen LogP) is 4.95. The van der Waals surface area contributed by atoms with Crippen LogP contribution in [0.2, 0.25) is 0 Å². The van der Waals surface area contributed by atoms with Crippen LogP contribution in [0.3, 0.4) is 0 Å². The molecule has 2 aromatic carbocycles. The Kier molecular flexibility index (Phi) is 5.08. The molecule has 3 aromatic rings. The Balaban J connectivity index is 1.77. The highest BCUT2D eigenvalue weighted by atomic mass is 19.4. The number of hydrogen-bond acceptors (Lipinski definition) is 4. The molecule has 1 unspecified atom stereocenters. The first-order chi connectivity index (χ1) is 12.3. The van der Waals surface area contributed by atoms with Gasteiger partial charge in [-0.25, -0.2) is 0 Å². The minimum atomic E-state index is -4.41. The lowest BCUT2D eigenvalue weighted by Gasteiger charge is -2.21. The van der Waals surface area contributed by atoms with Crippen LogP contribution in [0, 0.1) is 0 Å². The Bertz CT molecular complexity index is 862. The Morgan fingerprint density at radius 2 is 1.81 bits per heavy atom. The van der Waals surface area contributed by atoms with Crippen molar-refractivity contribution < 1.29 is 17.7 Å². The fraction of sp³-hybridized carbons (Fsp3) is 0.263. The summed E-state index contributed by atoms with van der Waals surface area (Å²) in [5.41, 5.74) is 0.669. The van der Waals surface area contributed by atoms with E-state index >= 15 is 0 Å². The fourth-order valence-corrected chi connectivity index (χ4v) is 2.55. The molecule has 0 aliphatic rings. The number of halogens is 3. The van der Waals surface area contributed by atoms with Crippen LogP contribution in [0.4, 0.5) is 13.2 Å². The van der Waals surface area contributed by atoms with Crippen molar-refractivity contribution in [2.75, 3.05) is 7.05 Å². The molecule has 0 saturated carbocycles. The van der Waals surface area contributed by atoms with Crippen LogP contribution < -0.4 is 0 Å². The van der Waals surface area contributed by atoms with Crippen molar-refractivity contribution in [1.29, 1.82) is 0 Å². The monoisotopic (exact) mass is 361 g/mol. The van der Waals surface area contributed by atoms with Crippen LogP contribution in [0.15, 0.2) is 59.1 Å². The molecule has 0 bridgehead atoms. The van der Waals surface area contributed by atoms with Gasteiger partial charge in [-0.15, -0.1) is 0 Å². The van der Waals surface area contributed by atoms with E-state index in [1.165, 1.54) is 12.1 Å². The maximum Gasteiger partial charge on any atom is 0.416 e. The lowest BCUT2D eigenvalue weighted by molar-refractivity contribution is -0.137. The van der Waals surface area contributed by atoms with Crippen molar-refractivity contribution >= 4 is 0 Å². The van der Waals surface area contributed by atoms with Crippen molar-refractivity contribution in [2.45, 2.75) is 25.7 Å². The molecule has 0 aliphatic heterocycles. The molecule has 1 atom stereocenters. The van der Waals surface area contributed by atoms with Gasteiger partial charge >= 0.3 is 6.18 Å². The smallest absolute Gasteiger partial charge is 0.337 e. The van der Waals surface area contributed by atoms with Crippen molar-refractivity contribution in [3.05, 3.63) is 71.6 Å². The molecule has 0 saturated heterocycles. The number of rotatable bonds is 5. The second-order valence-corrected chi connectivity index (χ2v) is 6.11. The highest BCUT2D eigenvalue weighted by Crippen LogP contribution is 2.32. The first-order valence-electron chi connectivity index (χ1n) is 8.10. The summed E-state index contributed by atoms with van der Waals surface area (Å²) in [6.07, 6.45) is -4.41. The molecule has 1 aromatic heterocycles. The molecule has 3 rings (SSSR count). The average Bonchev–Trinajstić information content (AvgIpc) is 3.11. The molecule has 0 fully saturated rings. The Labute approximate surface area is 149 Å². The molecule has 7 heteroatoms. The maximum absolute atomic E-state index is 12.9. The van der Waals surface area contributed by atoms with E-state index in [1.807, 2.05) is 49.2 Å². The summed E-state index contributed by atoms with van der Waals surface area (Å²) in [6.45, 7) is 2.59. The molecular formula is C19H18F3N3O. The van der Waals surface area contributed by atoms with Crippen molar-refractivity contribution in [1.82, 2.24) is 15.0 Å². The molecular weight excluding hydrogens is 343 g/mol. The third-order valence-electron chi connectivity index (χ3n) is 4.18. The van der Waals surface area contributed by atoms with Gasteiger partial charge in [-0.3, -0.25) is 4.90 Å². The number of alkyl halides is 3. The van der Waals surface area contributed by atoms with Gasteiger partial charge in [0, 0.05) is 12.1 Å². The first kappa shape index (κ1) is 18.1. The van der Waals surface area contributed by atoms with Crippen LogP contribution in [0.1, 0.15) is 30.0 Å². The largest absolute Gasteiger partial charge is 0.416 e. The minimum Gasteiger partial charge on any atom is -0.337 e. The standard InChI is InChI=1S/C19H18F3N3O/c1-13(25(2)12-14-7-4-3-5-8-14)18-23-17(24-26-18)15-9-6-10-16(11-15)19(20,21)22/h3-11,13H,12H2,1-2H3. The van der Waals surface area contributed by atoms with Crippen molar-refractivity contribution in [3.63, 3.8) is 0 Å². The van der Waals surface area contributed by atoms with Gasteiger partial charge < -0.3 is 4.52 Å². The SMILES string of the molecule is CC(c1nc(-c2cccc(C(F)(F)F)c2)no1)N(C)Cc1ccccc1. The van der Waals surface area contributed by atoms with Crippen molar-refractivity contribution in [3.8, 4) is 11.4 Å². The fourth-order valence-electron chi connectivity index (χ4n) is 2.55. The third-order valence-corrected chi connectivity index (χ3v) is 4.18. The van der Waals surface area contributed by atoms with Gasteiger partial charge in [-0.2, -0.15) is 18.2 Å². The lowest BCUT2D eigenvalue weighted by atomic mass is 10.1. The van der Waals surface area contributed by atoms with Crippen LogP contribution >= 0.6 is 0 Å². The number of hydrogen-bond donors (Lipinski definition) is 0. The molecule has 4 nitrogen and oxygen atoms in total. The molecule has 0 aliphatic carbocycles. The lowest BCUT2D eigenvalue weighted by Crippen LogP contribution is -2.22. The Morgan fingerprint density at radius 3 is 2.50 bits per heavy atom. The number of aromatic nitrogens is 2. The van der Waals surface area contributed by atoms with Crippen LogP contribution in [0.5, 0.6) is 0 Å². The Hall–Kier alpha value is -2.67. The zero-order valence-electron chi connectivity index (χ0n) is 14.4. The second kappa shape index (κ2) is 7.29. The van der Waals surface area contributed by atoms with E-state index in [0.717, 1.165) is 17.7 Å². The summed E-state index contributed by atoms with van der Waals surface area (Å²) in [4.78, 5) is 6.31. The van der Waals surface area contributed by atoms with Gasteiger partial charge in [0.1, 0.15) is 0 Å². The highest BCUT2D eigenvalue weighted by molar-refractivity contribution is 5.55. The highest BCUT2D eigenvalue weighted by Gasteiger charge is 2.31. The van der Waals surface area contributed by atoms with Crippen molar-refractivity contribution in [2.24, 2.45) is 0 Å². The summed E-state index contributed by atoms with van der Waals surface area (Å²) < 4.78 is 43.9. The summed E-state index contributed by atoms with van der Waals surface area (Å²) >= 11 is 0. The van der Waals surface area contributed by atoms with E-state index in [9.17, 15) is 13.2 Å². The topological polar surface area (TPSA) is 42.2 Å². The summed E-state index contributed by atoms with van der Waals surface area (Å²) in [5, 5.41) is 3.84. The second-order valence-electron chi connectivity index (χ2n) is 6.11. The molecule has 136 valence electrons. The summed E-state index contributed by atoms with van der Waals surface area (Å²) in [7, 11) is 1.92.